The number of thiazole rings is 1. The van der Waals surface area contributed by atoms with Gasteiger partial charge in [0.15, 0.2) is 5.13 Å². The van der Waals surface area contributed by atoms with Crippen LogP contribution < -0.4 is 9.64 Å². The summed E-state index contributed by atoms with van der Waals surface area (Å²) in [7, 11) is 1.68. The highest BCUT2D eigenvalue weighted by molar-refractivity contribution is 7.22. The summed E-state index contributed by atoms with van der Waals surface area (Å²) in [5, 5.41) is 1.01. The van der Waals surface area contributed by atoms with E-state index >= 15 is 0 Å². The van der Waals surface area contributed by atoms with E-state index in [0.717, 1.165) is 61.8 Å². The summed E-state index contributed by atoms with van der Waals surface area (Å²) >= 11 is 1.71. The first-order chi connectivity index (χ1) is 11.7. The van der Waals surface area contributed by atoms with Gasteiger partial charge in [0.05, 0.1) is 17.7 Å². The average Bonchev–Trinajstić information content (AvgIpc) is 3.33. The number of carbonyl (C=O) groups excluding carboxylic acids is 1. The number of rotatable bonds is 3. The minimum Gasteiger partial charge on any atom is -0.494 e. The third-order valence-corrected chi connectivity index (χ3v) is 6.39. The van der Waals surface area contributed by atoms with Crippen LogP contribution in [0.2, 0.25) is 0 Å². The molecular formula is C18H23N3O2S. The van der Waals surface area contributed by atoms with E-state index in [0.29, 0.717) is 5.91 Å². The number of carbonyl (C=O) groups is 1. The van der Waals surface area contributed by atoms with Crippen molar-refractivity contribution in [3.8, 4) is 5.75 Å². The Morgan fingerprint density at radius 1 is 1.29 bits per heavy atom. The highest BCUT2D eigenvalue weighted by atomic mass is 32.1. The molecule has 3 heterocycles. The van der Waals surface area contributed by atoms with Crippen LogP contribution in [0.4, 0.5) is 5.13 Å². The number of benzene rings is 1. The molecule has 4 rings (SSSR count). The number of fused-ring (bicyclic) bond motifs is 1. The summed E-state index contributed by atoms with van der Waals surface area (Å²) in [4.78, 5) is 21.7. The fourth-order valence-electron chi connectivity index (χ4n) is 3.73. The summed E-state index contributed by atoms with van der Waals surface area (Å²) in [6.45, 7) is 5.68. The van der Waals surface area contributed by atoms with Gasteiger partial charge in [-0.25, -0.2) is 4.98 Å². The lowest BCUT2D eigenvalue weighted by Gasteiger charge is -2.20. The van der Waals surface area contributed by atoms with Crippen molar-refractivity contribution in [2.24, 2.45) is 5.92 Å². The molecule has 0 aliphatic carbocycles. The molecule has 1 unspecified atom stereocenters. The molecule has 1 aromatic carbocycles. The van der Waals surface area contributed by atoms with Crippen molar-refractivity contribution in [2.75, 3.05) is 38.2 Å². The molecule has 24 heavy (non-hydrogen) atoms. The van der Waals surface area contributed by atoms with E-state index in [1.165, 1.54) is 10.3 Å². The molecule has 0 N–H and O–H groups in total. The summed E-state index contributed by atoms with van der Waals surface area (Å²) in [5.41, 5.74) is 2.16. The van der Waals surface area contributed by atoms with Crippen LogP contribution in [0.1, 0.15) is 24.8 Å². The molecule has 0 bridgehead atoms. The lowest BCUT2D eigenvalue weighted by molar-refractivity contribution is -0.133. The predicted octanol–water partition coefficient (Wildman–Crippen LogP) is 3.06. The molecule has 5 nitrogen and oxygen atoms in total. The highest BCUT2D eigenvalue weighted by Gasteiger charge is 2.33. The number of aromatic nitrogens is 1. The topological polar surface area (TPSA) is 45.7 Å². The number of methoxy groups -OCH3 is 1. The minimum atomic E-state index is 0.123. The molecule has 128 valence electrons. The number of hydrogen-bond donors (Lipinski definition) is 0. The number of aryl methyl sites for hydroxylation is 1. The Balaban J connectivity index is 1.55. The van der Waals surface area contributed by atoms with Gasteiger partial charge in [-0.3, -0.25) is 4.79 Å². The maximum Gasteiger partial charge on any atom is 0.227 e. The molecule has 2 aromatic rings. The number of anilines is 1. The maximum atomic E-state index is 12.6. The number of likely N-dealkylation sites (tertiary alicyclic amines) is 1. The molecule has 1 aromatic heterocycles. The number of amides is 1. The van der Waals surface area contributed by atoms with Crippen LogP contribution in [0, 0.1) is 12.8 Å². The van der Waals surface area contributed by atoms with Gasteiger partial charge >= 0.3 is 0 Å². The van der Waals surface area contributed by atoms with Gasteiger partial charge in [0, 0.05) is 26.2 Å². The summed E-state index contributed by atoms with van der Waals surface area (Å²) in [6.07, 6.45) is 3.24. The summed E-state index contributed by atoms with van der Waals surface area (Å²) in [5.74, 6) is 1.28. The lowest BCUT2D eigenvalue weighted by atomic mass is 10.1. The van der Waals surface area contributed by atoms with Crippen molar-refractivity contribution in [1.29, 1.82) is 0 Å². The van der Waals surface area contributed by atoms with E-state index in [2.05, 4.69) is 17.9 Å². The average molecular weight is 345 g/mol. The normalized spacial score (nSPS) is 21.0. The fraction of sp³-hybridized carbons (Fsp3) is 0.556. The van der Waals surface area contributed by atoms with Crippen LogP contribution in [0.3, 0.4) is 0 Å². The largest absolute Gasteiger partial charge is 0.494 e. The van der Waals surface area contributed by atoms with Gasteiger partial charge in [-0.05, 0) is 37.8 Å². The van der Waals surface area contributed by atoms with E-state index in [1.807, 2.05) is 11.0 Å². The molecule has 6 heteroatoms. The summed E-state index contributed by atoms with van der Waals surface area (Å²) in [6, 6.07) is 4.05. The smallest absolute Gasteiger partial charge is 0.227 e. The van der Waals surface area contributed by atoms with Crippen LogP contribution in [0.5, 0.6) is 5.75 Å². The molecule has 1 amide bonds. The van der Waals surface area contributed by atoms with Gasteiger partial charge in [-0.2, -0.15) is 0 Å². The molecule has 0 radical (unpaired) electrons. The number of nitrogens with zero attached hydrogens (tertiary/aromatic N) is 3. The Morgan fingerprint density at radius 2 is 2.08 bits per heavy atom. The third kappa shape index (κ3) is 2.62. The van der Waals surface area contributed by atoms with Gasteiger partial charge in [0.25, 0.3) is 0 Å². The standard InChI is InChI=1S/C18H23N3O2S/c1-12-5-6-14(23-2)15-16(12)24-18(19-15)21-10-7-13(11-21)17(22)20-8-3-4-9-20/h5-6,13H,3-4,7-11H2,1-2H3. The highest BCUT2D eigenvalue weighted by Crippen LogP contribution is 2.38. The monoisotopic (exact) mass is 345 g/mol. The predicted molar refractivity (Wildman–Crippen MR) is 97.0 cm³/mol. The molecule has 1 atom stereocenters. The number of ether oxygens (including phenoxy) is 1. The zero-order valence-corrected chi connectivity index (χ0v) is 15.1. The van der Waals surface area contributed by atoms with Crippen LogP contribution in [0.25, 0.3) is 10.2 Å². The molecule has 2 saturated heterocycles. The van der Waals surface area contributed by atoms with E-state index in [1.54, 1.807) is 18.4 Å². The van der Waals surface area contributed by atoms with Crippen LogP contribution in [-0.2, 0) is 4.79 Å². The number of hydrogen-bond acceptors (Lipinski definition) is 5. The van der Waals surface area contributed by atoms with E-state index < -0.39 is 0 Å². The Bertz CT molecular complexity index is 767. The van der Waals surface area contributed by atoms with Gasteiger partial charge in [-0.1, -0.05) is 17.4 Å². The van der Waals surface area contributed by atoms with Crippen LogP contribution in [-0.4, -0.2) is 49.1 Å². The Morgan fingerprint density at radius 3 is 2.83 bits per heavy atom. The first kappa shape index (κ1) is 15.7. The second-order valence-corrected chi connectivity index (χ2v) is 7.70. The molecule has 2 fully saturated rings. The van der Waals surface area contributed by atoms with Crippen LogP contribution in [0.15, 0.2) is 12.1 Å². The van der Waals surface area contributed by atoms with E-state index in [9.17, 15) is 4.79 Å². The van der Waals surface area contributed by atoms with Crippen LogP contribution >= 0.6 is 11.3 Å². The fourth-order valence-corrected chi connectivity index (χ4v) is 4.82. The Hall–Kier alpha value is -1.82. The summed E-state index contributed by atoms with van der Waals surface area (Å²) < 4.78 is 6.63. The van der Waals surface area contributed by atoms with Crippen molar-refractivity contribution in [1.82, 2.24) is 9.88 Å². The molecule has 2 aliphatic rings. The molecule has 2 aliphatic heterocycles. The van der Waals surface area contributed by atoms with Gasteiger partial charge in [-0.15, -0.1) is 0 Å². The van der Waals surface area contributed by atoms with Gasteiger partial charge < -0.3 is 14.5 Å². The molecule has 0 saturated carbocycles. The zero-order valence-electron chi connectivity index (χ0n) is 14.2. The maximum absolute atomic E-state index is 12.6. The van der Waals surface area contributed by atoms with Crippen molar-refractivity contribution in [2.45, 2.75) is 26.2 Å². The quantitative estimate of drug-likeness (QED) is 0.858. The lowest BCUT2D eigenvalue weighted by Crippen LogP contribution is -2.35. The molecular weight excluding hydrogens is 322 g/mol. The van der Waals surface area contributed by atoms with Crippen molar-refractivity contribution in [3.63, 3.8) is 0 Å². The third-order valence-electron chi connectivity index (χ3n) is 5.14. The zero-order chi connectivity index (χ0) is 16.7. The van der Waals surface area contributed by atoms with Crippen molar-refractivity contribution in [3.05, 3.63) is 17.7 Å². The van der Waals surface area contributed by atoms with Gasteiger partial charge in [0.2, 0.25) is 5.91 Å². The first-order valence-electron chi connectivity index (χ1n) is 8.65. The minimum absolute atomic E-state index is 0.123. The molecule has 0 spiro atoms. The van der Waals surface area contributed by atoms with Gasteiger partial charge in [0.1, 0.15) is 11.3 Å². The van der Waals surface area contributed by atoms with E-state index in [-0.39, 0.29) is 5.92 Å². The Labute approximate surface area is 146 Å². The van der Waals surface area contributed by atoms with Crippen molar-refractivity contribution >= 4 is 32.6 Å². The second kappa shape index (κ2) is 6.24. The second-order valence-electron chi connectivity index (χ2n) is 6.72. The van der Waals surface area contributed by atoms with E-state index in [4.69, 9.17) is 9.72 Å². The first-order valence-corrected chi connectivity index (χ1v) is 9.47. The Kier molecular flexibility index (Phi) is 4.08. The SMILES string of the molecule is COc1ccc(C)c2sc(N3CCC(C(=O)N4CCCC4)C3)nc12. The van der Waals surface area contributed by atoms with Crippen molar-refractivity contribution < 1.29 is 9.53 Å².